The lowest BCUT2D eigenvalue weighted by atomic mass is 9.98. The number of hydrogen-bond acceptors (Lipinski definition) is 4. The van der Waals surface area contributed by atoms with Gasteiger partial charge in [0, 0.05) is 24.3 Å². The van der Waals surface area contributed by atoms with Gasteiger partial charge >= 0.3 is 5.97 Å². The molecule has 1 aromatic rings. The Morgan fingerprint density at radius 2 is 2.05 bits per heavy atom. The van der Waals surface area contributed by atoms with Crippen LogP contribution in [-0.4, -0.2) is 56.8 Å². The third-order valence-electron chi connectivity index (χ3n) is 4.92. The summed E-state index contributed by atoms with van der Waals surface area (Å²) < 4.78 is 1.47. The van der Waals surface area contributed by atoms with Crippen molar-refractivity contribution in [2.24, 2.45) is 0 Å². The summed E-state index contributed by atoms with van der Waals surface area (Å²) in [5.41, 5.74) is 0.438. The van der Waals surface area contributed by atoms with Gasteiger partial charge < -0.3 is 15.3 Å². The molecule has 0 spiro atoms. The lowest BCUT2D eigenvalue weighted by Crippen LogP contribution is -2.49. The summed E-state index contributed by atoms with van der Waals surface area (Å²) in [6.45, 7) is 0.212. The number of fused-ring (bicyclic) bond motifs is 2. The van der Waals surface area contributed by atoms with Crippen LogP contribution in [0.5, 0.6) is 0 Å². The largest absolute Gasteiger partial charge is 0.481 e. The van der Waals surface area contributed by atoms with E-state index in [4.69, 9.17) is 5.11 Å². The van der Waals surface area contributed by atoms with Crippen molar-refractivity contribution in [2.75, 3.05) is 7.05 Å². The highest BCUT2D eigenvalue weighted by molar-refractivity contribution is 5.92. The Morgan fingerprint density at radius 3 is 2.68 bits per heavy atom. The Labute approximate surface area is 129 Å². The highest BCUT2D eigenvalue weighted by atomic mass is 16.4. The maximum atomic E-state index is 12.4. The Hall–Kier alpha value is -1.89. The van der Waals surface area contributed by atoms with Crippen molar-refractivity contribution < 1.29 is 14.7 Å². The van der Waals surface area contributed by atoms with Crippen molar-refractivity contribution in [1.29, 1.82) is 0 Å². The lowest BCUT2D eigenvalue weighted by molar-refractivity contribution is -0.137. The van der Waals surface area contributed by atoms with Gasteiger partial charge in [-0.3, -0.25) is 14.3 Å². The van der Waals surface area contributed by atoms with Crippen LogP contribution in [-0.2, 0) is 11.3 Å². The molecule has 0 radical (unpaired) electrons. The van der Waals surface area contributed by atoms with Crippen molar-refractivity contribution in [3.05, 3.63) is 18.0 Å². The number of aliphatic carboxylic acids is 1. The molecule has 120 valence electrons. The molecule has 22 heavy (non-hydrogen) atoms. The summed E-state index contributed by atoms with van der Waals surface area (Å²) in [5, 5.41) is 15.9. The van der Waals surface area contributed by atoms with Gasteiger partial charge in [0.25, 0.3) is 5.91 Å². The zero-order chi connectivity index (χ0) is 15.7. The Kier molecular flexibility index (Phi) is 4.15. The fourth-order valence-electron chi connectivity index (χ4n) is 3.69. The van der Waals surface area contributed by atoms with E-state index in [2.05, 4.69) is 22.4 Å². The van der Waals surface area contributed by atoms with Crippen LogP contribution in [0.25, 0.3) is 0 Å². The minimum Gasteiger partial charge on any atom is -0.481 e. The van der Waals surface area contributed by atoms with E-state index in [-0.39, 0.29) is 24.9 Å². The number of piperidine rings is 1. The predicted octanol–water partition coefficient (Wildman–Crippen LogP) is 0.713. The van der Waals surface area contributed by atoms with Crippen molar-refractivity contribution in [3.63, 3.8) is 0 Å². The quantitative estimate of drug-likeness (QED) is 0.836. The average molecular weight is 306 g/mol. The number of rotatable bonds is 5. The average Bonchev–Trinajstić information content (AvgIpc) is 3.00. The molecule has 0 aromatic carbocycles. The Morgan fingerprint density at radius 1 is 1.36 bits per heavy atom. The maximum absolute atomic E-state index is 12.4. The fourth-order valence-corrected chi connectivity index (χ4v) is 3.69. The first-order valence-electron chi connectivity index (χ1n) is 7.81. The first-order chi connectivity index (χ1) is 10.5. The first kappa shape index (κ1) is 15.0. The lowest BCUT2D eigenvalue weighted by Gasteiger charge is -2.36. The Bertz CT molecular complexity index is 557. The highest BCUT2D eigenvalue weighted by Crippen LogP contribution is 2.34. The number of carboxylic acids is 1. The normalized spacial score (nSPS) is 27.8. The van der Waals surface area contributed by atoms with E-state index in [0.717, 1.165) is 12.8 Å². The maximum Gasteiger partial charge on any atom is 0.305 e. The molecule has 2 aliphatic heterocycles. The second-order valence-corrected chi connectivity index (χ2v) is 6.28. The van der Waals surface area contributed by atoms with E-state index in [1.165, 1.54) is 23.7 Å². The smallest absolute Gasteiger partial charge is 0.305 e. The molecule has 2 unspecified atom stereocenters. The molecule has 2 N–H and O–H groups in total. The molecule has 2 fully saturated rings. The Balaban J connectivity index is 1.61. The number of hydrogen-bond donors (Lipinski definition) is 2. The topological polar surface area (TPSA) is 87.5 Å². The predicted molar refractivity (Wildman–Crippen MR) is 79.5 cm³/mol. The summed E-state index contributed by atoms with van der Waals surface area (Å²) in [6.07, 6.45) is 5.90. The first-order valence-corrected chi connectivity index (χ1v) is 7.81. The second-order valence-electron chi connectivity index (χ2n) is 6.28. The zero-order valence-corrected chi connectivity index (χ0v) is 12.7. The van der Waals surface area contributed by atoms with E-state index in [1.54, 1.807) is 6.07 Å². The van der Waals surface area contributed by atoms with Gasteiger partial charge in [0.1, 0.15) is 5.69 Å². The van der Waals surface area contributed by atoms with Crippen molar-refractivity contribution >= 4 is 11.9 Å². The molecule has 1 amide bonds. The molecule has 0 saturated carbocycles. The van der Waals surface area contributed by atoms with Crippen LogP contribution in [0.1, 0.15) is 42.6 Å². The van der Waals surface area contributed by atoms with Crippen LogP contribution >= 0.6 is 0 Å². The fraction of sp³-hybridized carbons (Fsp3) is 0.667. The van der Waals surface area contributed by atoms with Crippen LogP contribution in [0.3, 0.4) is 0 Å². The van der Waals surface area contributed by atoms with E-state index in [1.807, 2.05) is 0 Å². The second kappa shape index (κ2) is 6.08. The molecule has 3 heterocycles. The van der Waals surface area contributed by atoms with Gasteiger partial charge in [0.15, 0.2) is 0 Å². The number of carboxylic acid groups (broad SMARTS) is 1. The van der Waals surface area contributed by atoms with E-state index in [0.29, 0.717) is 17.8 Å². The molecule has 2 bridgehead atoms. The minimum atomic E-state index is -0.895. The summed E-state index contributed by atoms with van der Waals surface area (Å²) in [6, 6.07) is 2.98. The molecule has 0 aliphatic carbocycles. The van der Waals surface area contributed by atoms with Crippen molar-refractivity contribution in [1.82, 2.24) is 20.0 Å². The van der Waals surface area contributed by atoms with Crippen molar-refractivity contribution in [3.8, 4) is 0 Å². The number of amides is 1. The van der Waals surface area contributed by atoms with Gasteiger partial charge in [0.2, 0.25) is 0 Å². The van der Waals surface area contributed by atoms with Gasteiger partial charge in [-0.2, -0.15) is 5.10 Å². The van der Waals surface area contributed by atoms with E-state index in [9.17, 15) is 9.59 Å². The number of aromatic nitrogens is 2. The number of carbonyl (C=O) groups excluding carboxylic acids is 1. The van der Waals surface area contributed by atoms with Crippen LogP contribution in [0.15, 0.2) is 12.3 Å². The SMILES string of the molecule is CN1C2CCC1CC(NC(=O)c1ccnn1CCC(=O)O)C2. The third-order valence-corrected chi connectivity index (χ3v) is 4.92. The van der Waals surface area contributed by atoms with Crippen LogP contribution in [0.2, 0.25) is 0 Å². The summed E-state index contributed by atoms with van der Waals surface area (Å²) in [7, 11) is 2.17. The molecule has 3 rings (SSSR count). The molecule has 7 heteroatoms. The molecular weight excluding hydrogens is 284 g/mol. The zero-order valence-electron chi connectivity index (χ0n) is 12.7. The molecule has 2 aliphatic rings. The molecule has 7 nitrogen and oxygen atoms in total. The van der Waals surface area contributed by atoms with Gasteiger partial charge in [-0.25, -0.2) is 0 Å². The number of nitrogens with zero attached hydrogens (tertiary/aromatic N) is 3. The monoisotopic (exact) mass is 306 g/mol. The van der Waals surface area contributed by atoms with E-state index >= 15 is 0 Å². The summed E-state index contributed by atoms with van der Waals surface area (Å²) >= 11 is 0. The van der Waals surface area contributed by atoms with Gasteiger partial charge in [0.05, 0.1) is 13.0 Å². The molecular formula is C15H22N4O3. The third kappa shape index (κ3) is 2.99. The number of carbonyl (C=O) groups is 2. The van der Waals surface area contributed by atoms with Crippen LogP contribution in [0, 0.1) is 0 Å². The van der Waals surface area contributed by atoms with Gasteiger partial charge in [-0.1, -0.05) is 0 Å². The number of nitrogens with one attached hydrogen (secondary N) is 1. The van der Waals surface area contributed by atoms with Gasteiger partial charge in [-0.05, 0) is 38.8 Å². The molecule has 2 saturated heterocycles. The minimum absolute atomic E-state index is 0.0413. The van der Waals surface area contributed by atoms with E-state index < -0.39 is 5.97 Å². The summed E-state index contributed by atoms with van der Waals surface area (Å²) in [5.74, 6) is -1.05. The molecule has 1 aromatic heterocycles. The van der Waals surface area contributed by atoms with Crippen LogP contribution < -0.4 is 5.32 Å². The van der Waals surface area contributed by atoms with Crippen molar-refractivity contribution in [2.45, 2.75) is 56.8 Å². The van der Waals surface area contributed by atoms with Crippen LogP contribution in [0.4, 0.5) is 0 Å². The standard InChI is InChI=1S/C15H22N4O3/c1-18-11-2-3-12(18)9-10(8-11)17-15(22)13-4-6-16-19(13)7-5-14(20)21/h4,6,10-12H,2-3,5,7-9H2,1H3,(H,17,22)(H,20,21). The highest BCUT2D eigenvalue weighted by Gasteiger charge is 2.39. The number of aryl methyl sites for hydroxylation is 1. The summed E-state index contributed by atoms with van der Waals surface area (Å²) in [4.78, 5) is 25.5. The molecule has 2 atom stereocenters. The van der Waals surface area contributed by atoms with Gasteiger partial charge in [-0.15, -0.1) is 0 Å².